The molecule has 1 aromatic carbocycles. The van der Waals surface area contributed by atoms with Crippen molar-refractivity contribution in [3.8, 4) is 5.75 Å². The van der Waals surface area contributed by atoms with E-state index >= 15 is 0 Å². The second-order valence-electron chi connectivity index (χ2n) is 8.07. The van der Waals surface area contributed by atoms with Gasteiger partial charge in [0.05, 0.1) is 25.9 Å². The molecule has 0 aliphatic carbocycles. The Hall–Kier alpha value is -1.81. The first-order chi connectivity index (χ1) is 14.3. The zero-order chi connectivity index (χ0) is 22.0. The molecule has 0 saturated carbocycles. The summed E-state index contributed by atoms with van der Waals surface area (Å²) in [5.74, 6) is 3.06. The predicted molar refractivity (Wildman–Crippen MR) is 135 cm³/mol. The van der Waals surface area contributed by atoms with Crippen LogP contribution in [0, 0.1) is 6.92 Å². The standard InChI is InChI=1S/C23H36N4O3.HI/c1-7-24-22(27-16-21-25-15-20(30-21)23(4,5)6)26-14-18-10-9-17(3)13-19(18)29-12-11-28-8-2;/h9-10,13,15H,7-8,11-12,14,16H2,1-6H3,(H2,24,26,27);1H. The lowest BCUT2D eigenvalue weighted by Gasteiger charge is -2.14. The normalized spacial score (nSPS) is 11.7. The zero-order valence-electron chi connectivity index (χ0n) is 19.6. The molecule has 174 valence electrons. The van der Waals surface area contributed by atoms with Gasteiger partial charge in [0.15, 0.2) is 5.96 Å². The molecule has 7 nitrogen and oxygen atoms in total. The van der Waals surface area contributed by atoms with Crippen LogP contribution in [0.5, 0.6) is 5.75 Å². The van der Waals surface area contributed by atoms with Crippen LogP contribution in [0.2, 0.25) is 0 Å². The van der Waals surface area contributed by atoms with Crippen molar-refractivity contribution < 1.29 is 13.9 Å². The van der Waals surface area contributed by atoms with Crippen LogP contribution in [0.4, 0.5) is 0 Å². The third-order valence-electron chi connectivity index (χ3n) is 4.36. The maximum absolute atomic E-state index is 5.92. The number of ether oxygens (including phenoxy) is 2. The molecule has 0 saturated heterocycles. The Kier molecular flexibility index (Phi) is 11.9. The Morgan fingerprint density at radius 2 is 1.94 bits per heavy atom. The predicted octanol–water partition coefficient (Wildman–Crippen LogP) is 4.57. The zero-order valence-corrected chi connectivity index (χ0v) is 21.9. The number of halogens is 1. The minimum atomic E-state index is -0.0617. The highest BCUT2D eigenvalue weighted by atomic mass is 127. The lowest BCUT2D eigenvalue weighted by Crippen LogP contribution is -2.36. The molecule has 0 unspecified atom stereocenters. The van der Waals surface area contributed by atoms with E-state index in [-0.39, 0.29) is 29.4 Å². The molecule has 8 heteroatoms. The van der Waals surface area contributed by atoms with Gasteiger partial charge in [-0.15, -0.1) is 24.0 Å². The molecule has 0 bridgehead atoms. The second kappa shape index (κ2) is 13.6. The third kappa shape index (κ3) is 9.47. The van der Waals surface area contributed by atoms with E-state index in [9.17, 15) is 0 Å². The molecule has 31 heavy (non-hydrogen) atoms. The number of aliphatic imine (C=N–C) groups is 1. The van der Waals surface area contributed by atoms with Crippen LogP contribution >= 0.6 is 24.0 Å². The van der Waals surface area contributed by atoms with E-state index in [2.05, 4.69) is 55.4 Å². The minimum Gasteiger partial charge on any atom is -0.491 e. The van der Waals surface area contributed by atoms with Crippen molar-refractivity contribution in [2.75, 3.05) is 26.4 Å². The van der Waals surface area contributed by atoms with Crippen LogP contribution in [0.3, 0.4) is 0 Å². The molecule has 2 N–H and O–H groups in total. The highest BCUT2D eigenvalue weighted by Crippen LogP contribution is 2.23. The lowest BCUT2D eigenvalue weighted by atomic mass is 9.94. The number of aromatic nitrogens is 1. The monoisotopic (exact) mass is 544 g/mol. The Balaban J connectivity index is 0.00000480. The molecule has 2 aromatic rings. The van der Waals surface area contributed by atoms with Gasteiger partial charge in [0, 0.05) is 24.1 Å². The first-order valence-corrected chi connectivity index (χ1v) is 10.6. The van der Waals surface area contributed by atoms with Gasteiger partial charge in [0.2, 0.25) is 5.89 Å². The number of rotatable bonds is 10. The highest BCUT2D eigenvalue weighted by molar-refractivity contribution is 14.0. The van der Waals surface area contributed by atoms with Gasteiger partial charge in [-0.1, -0.05) is 32.9 Å². The van der Waals surface area contributed by atoms with Gasteiger partial charge in [-0.05, 0) is 32.4 Å². The largest absolute Gasteiger partial charge is 0.491 e. The van der Waals surface area contributed by atoms with Gasteiger partial charge in [-0.2, -0.15) is 0 Å². The molecule has 1 aromatic heterocycles. The summed E-state index contributed by atoms with van der Waals surface area (Å²) < 4.78 is 17.1. The average molecular weight is 544 g/mol. The molecule has 2 rings (SSSR count). The summed E-state index contributed by atoms with van der Waals surface area (Å²) >= 11 is 0. The SMILES string of the molecule is CCNC(=NCc1ccc(C)cc1OCCOCC)NCc1ncc(C(C)(C)C)o1.I. The molecule has 0 fully saturated rings. The van der Waals surface area contributed by atoms with Crippen LogP contribution in [0.25, 0.3) is 0 Å². The summed E-state index contributed by atoms with van der Waals surface area (Å²) in [6, 6.07) is 6.17. The summed E-state index contributed by atoms with van der Waals surface area (Å²) in [7, 11) is 0. The number of oxazole rings is 1. The third-order valence-corrected chi connectivity index (χ3v) is 4.36. The number of nitrogens with one attached hydrogen (secondary N) is 2. The van der Waals surface area contributed by atoms with Crippen LogP contribution in [-0.2, 0) is 23.2 Å². The van der Waals surface area contributed by atoms with Crippen molar-refractivity contribution >= 4 is 29.9 Å². The van der Waals surface area contributed by atoms with Gasteiger partial charge < -0.3 is 24.5 Å². The lowest BCUT2D eigenvalue weighted by molar-refractivity contribution is 0.110. The van der Waals surface area contributed by atoms with Gasteiger partial charge in [0.25, 0.3) is 0 Å². The van der Waals surface area contributed by atoms with E-state index in [0.717, 1.165) is 29.2 Å². The van der Waals surface area contributed by atoms with E-state index in [1.54, 1.807) is 6.20 Å². The fourth-order valence-electron chi connectivity index (χ4n) is 2.69. The summed E-state index contributed by atoms with van der Waals surface area (Å²) in [6.45, 7) is 15.9. The van der Waals surface area contributed by atoms with Crippen LogP contribution in [0.1, 0.15) is 57.4 Å². The van der Waals surface area contributed by atoms with Crippen molar-refractivity contribution in [3.63, 3.8) is 0 Å². The topological polar surface area (TPSA) is 80.9 Å². The molecule has 1 heterocycles. The Bertz CT molecular complexity index is 815. The summed E-state index contributed by atoms with van der Waals surface area (Å²) in [5, 5.41) is 6.54. The van der Waals surface area contributed by atoms with Gasteiger partial charge in [-0.3, -0.25) is 0 Å². The number of hydrogen-bond donors (Lipinski definition) is 2. The molecule has 0 aliphatic heterocycles. The van der Waals surface area contributed by atoms with Crippen molar-refractivity contribution in [2.24, 2.45) is 4.99 Å². The molecule has 0 atom stereocenters. The van der Waals surface area contributed by atoms with Gasteiger partial charge in [-0.25, -0.2) is 9.98 Å². The van der Waals surface area contributed by atoms with Gasteiger partial charge in [0.1, 0.15) is 18.1 Å². The van der Waals surface area contributed by atoms with Crippen molar-refractivity contribution in [3.05, 3.63) is 47.2 Å². The maximum Gasteiger partial charge on any atom is 0.213 e. The average Bonchev–Trinajstić information content (AvgIpc) is 3.18. The minimum absolute atomic E-state index is 0. The number of guanidine groups is 1. The van der Waals surface area contributed by atoms with E-state index in [1.807, 2.05) is 19.9 Å². The summed E-state index contributed by atoms with van der Waals surface area (Å²) in [6.07, 6.45) is 1.79. The summed E-state index contributed by atoms with van der Waals surface area (Å²) in [4.78, 5) is 9.06. The van der Waals surface area contributed by atoms with E-state index in [1.165, 1.54) is 0 Å². The van der Waals surface area contributed by atoms with E-state index in [0.29, 0.717) is 44.8 Å². The fraction of sp³-hybridized carbons (Fsp3) is 0.565. The molecular weight excluding hydrogens is 507 g/mol. The van der Waals surface area contributed by atoms with Crippen molar-refractivity contribution in [1.29, 1.82) is 0 Å². The van der Waals surface area contributed by atoms with Gasteiger partial charge >= 0.3 is 0 Å². The molecule has 0 spiro atoms. The Morgan fingerprint density at radius 3 is 2.58 bits per heavy atom. The van der Waals surface area contributed by atoms with Crippen LogP contribution in [-0.4, -0.2) is 37.3 Å². The van der Waals surface area contributed by atoms with E-state index in [4.69, 9.17) is 18.9 Å². The first kappa shape index (κ1) is 27.2. The summed E-state index contributed by atoms with van der Waals surface area (Å²) in [5.41, 5.74) is 2.12. The molecular formula is C23H37IN4O3. The van der Waals surface area contributed by atoms with Crippen molar-refractivity contribution in [1.82, 2.24) is 15.6 Å². The molecule has 0 radical (unpaired) electrons. The Morgan fingerprint density at radius 1 is 1.16 bits per heavy atom. The fourth-order valence-corrected chi connectivity index (χ4v) is 2.69. The van der Waals surface area contributed by atoms with E-state index < -0.39 is 0 Å². The second-order valence-corrected chi connectivity index (χ2v) is 8.07. The number of aryl methyl sites for hydroxylation is 1. The Labute approximate surface area is 203 Å². The molecule has 0 aliphatic rings. The van der Waals surface area contributed by atoms with Crippen molar-refractivity contribution in [2.45, 2.75) is 60.0 Å². The number of benzene rings is 1. The quantitative estimate of drug-likeness (QED) is 0.198. The molecule has 0 amide bonds. The van der Waals surface area contributed by atoms with Crippen LogP contribution in [0.15, 0.2) is 33.8 Å². The van der Waals surface area contributed by atoms with Crippen LogP contribution < -0.4 is 15.4 Å². The first-order valence-electron chi connectivity index (χ1n) is 10.6. The smallest absolute Gasteiger partial charge is 0.213 e. The number of hydrogen-bond acceptors (Lipinski definition) is 5. The number of nitrogens with zero attached hydrogens (tertiary/aromatic N) is 2. The maximum atomic E-state index is 5.92. The highest BCUT2D eigenvalue weighted by Gasteiger charge is 2.19.